The maximum atomic E-state index is 13.2. The number of pyridine rings is 1. The fourth-order valence-corrected chi connectivity index (χ4v) is 3.04. The molecule has 1 aromatic carbocycles. The summed E-state index contributed by atoms with van der Waals surface area (Å²) in [5, 5.41) is 4.89. The third-order valence-corrected chi connectivity index (χ3v) is 4.37. The molecular formula is C19H17FN4O2. The summed E-state index contributed by atoms with van der Waals surface area (Å²) < 4.78 is 21.5. The first-order chi connectivity index (χ1) is 12.7. The zero-order valence-corrected chi connectivity index (χ0v) is 14.2. The first-order valence-corrected chi connectivity index (χ1v) is 8.30. The molecule has 3 heterocycles. The Morgan fingerprint density at radius 1 is 1.15 bits per heavy atom. The molecule has 0 radical (unpaired) electrons. The van der Waals surface area contributed by atoms with Crippen LogP contribution in [0.4, 0.5) is 4.39 Å². The molecule has 3 aromatic heterocycles. The lowest BCUT2D eigenvalue weighted by atomic mass is 10.1. The maximum absolute atomic E-state index is 13.2. The number of aryl methyl sites for hydroxylation is 1. The molecular weight excluding hydrogens is 335 g/mol. The number of methoxy groups -OCH3 is 1. The lowest BCUT2D eigenvalue weighted by molar-refractivity contribution is 0.190. The van der Waals surface area contributed by atoms with Gasteiger partial charge in [0, 0.05) is 38.2 Å². The molecule has 0 amide bonds. The van der Waals surface area contributed by atoms with Crippen LogP contribution in [0, 0.1) is 5.82 Å². The van der Waals surface area contributed by atoms with Gasteiger partial charge in [0.1, 0.15) is 5.82 Å². The number of hydrogen-bond acceptors (Lipinski definition) is 4. The van der Waals surface area contributed by atoms with Gasteiger partial charge in [-0.3, -0.25) is 4.79 Å². The van der Waals surface area contributed by atoms with Crippen LogP contribution in [-0.4, -0.2) is 32.9 Å². The van der Waals surface area contributed by atoms with Gasteiger partial charge in [-0.05, 0) is 30.2 Å². The van der Waals surface area contributed by atoms with Crippen LogP contribution in [0.2, 0.25) is 0 Å². The topological polar surface area (TPSA) is 61.4 Å². The van der Waals surface area contributed by atoms with E-state index in [9.17, 15) is 9.18 Å². The molecule has 6 nitrogen and oxygen atoms in total. The van der Waals surface area contributed by atoms with E-state index >= 15 is 0 Å². The Hall–Kier alpha value is -3.06. The Bertz CT molecular complexity index is 1130. The first kappa shape index (κ1) is 16.4. The second-order valence-electron chi connectivity index (χ2n) is 6.02. The number of nitrogens with zero attached hydrogens (tertiary/aromatic N) is 4. The van der Waals surface area contributed by atoms with Crippen LogP contribution in [0.15, 0.2) is 53.7 Å². The number of ether oxygens (including phenoxy) is 1. The van der Waals surface area contributed by atoms with Crippen LogP contribution in [0.1, 0.15) is 6.42 Å². The minimum atomic E-state index is -0.294. The van der Waals surface area contributed by atoms with Crippen LogP contribution in [0.25, 0.3) is 27.7 Å². The molecule has 26 heavy (non-hydrogen) atoms. The highest BCUT2D eigenvalue weighted by Gasteiger charge is 2.13. The van der Waals surface area contributed by atoms with Gasteiger partial charge in [0.05, 0.1) is 17.1 Å². The van der Waals surface area contributed by atoms with E-state index in [1.54, 1.807) is 46.9 Å². The average molecular weight is 352 g/mol. The predicted molar refractivity (Wildman–Crippen MR) is 96.6 cm³/mol. The van der Waals surface area contributed by atoms with Gasteiger partial charge in [-0.15, -0.1) is 0 Å². The van der Waals surface area contributed by atoms with E-state index in [1.807, 2.05) is 6.07 Å². The Morgan fingerprint density at radius 3 is 2.73 bits per heavy atom. The lowest BCUT2D eigenvalue weighted by Gasteiger charge is -2.08. The van der Waals surface area contributed by atoms with Crippen LogP contribution in [-0.2, 0) is 11.3 Å². The van der Waals surface area contributed by atoms with E-state index in [1.165, 1.54) is 12.1 Å². The SMILES string of the molecule is COCCCn1ccc2c(cnc3c(-c4ccc(F)cc4)cnn32)c1=O. The van der Waals surface area contributed by atoms with Crippen molar-refractivity contribution in [2.75, 3.05) is 13.7 Å². The van der Waals surface area contributed by atoms with E-state index in [4.69, 9.17) is 4.74 Å². The number of halogens is 1. The van der Waals surface area contributed by atoms with E-state index in [-0.39, 0.29) is 11.4 Å². The molecule has 0 fully saturated rings. The summed E-state index contributed by atoms with van der Waals surface area (Å²) in [6.45, 7) is 1.18. The van der Waals surface area contributed by atoms with Gasteiger partial charge in [0.2, 0.25) is 0 Å². The number of benzene rings is 1. The van der Waals surface area contributed by atoms with E-state index in [2.05, 4.69) is 10.1 Å². The molecule has 0 bridgehead atoms. The smallest absolute Gasteiger partial charge is 0.261 e. The summed E-state index contributed by atoms with van der Waals surface area (Å²) in [7, 11) is 1.64. The molecule has 0 N–H and O–H groups in total. The average Bonchev–Trinajstić information content (AvgIpc) is 3.09. The fraction of sp³-hybridized carbons (Fsp3) is 0.211. The highest BCUT2D eigenvalue weighted by atomic mass is 19.1. The highest BCUT2D eigenvalue weighted by Crippen LogP contribution is 2.25. The van der Waals surface area contributed by atoms with Crippen LogP contribution >= 0.6 is 0 Å². The van der Waals surface area contributed by atoms with Crippen LogP contribution in [0.3, 0.4) is 0 Å². The minimum absolute atomic E-state index is 0.105. The Labute approximate surface area is 148 Å². The number of rotatable bonds is 5. The predicted octanol–water partition coefficient (Wildman–Crippen LogP) is 2.89. The van der Waals surface area contributed by atoms with Gasteiger partial charge < -0.3 is 9.30 Å². The number of hydrogen-bond donors (Lipinski definition) is 0. The molecule has 0 saturated carbocycles. The molecule has 4 rings (SSSR count). The van der Waals surface area contributed by atoms with Gasteiger partial charge in [-0.1, -0.05) is 12.1 Å². The van der Waals surface area contributed by atoms with Crippen molar-refractivity contribution in [2.45, 2.75) is 13.0 Å². The summed E-state index contributed by atoms with van der Waals surface area (Å²) in [4.78, 5) is 17.1. The molecule has 4 aromatic rings. The summed E-state index contributed by atoms with van der Waals surface area (Å²) in [6, 6.07) is 8.04. The fourth-order valence-electron chi connectivity index (χ4n) is 3.04. The number of aromatic nitrogens is 4. The third-order valence-electron chi connectivity index (χ3n) is 4.37. The molecule has 0 atom stereocenters. The first-order valence-electron chi connectivity index (χ1n) is 8.30. The zero-order valence-electron chi connectivity index (χ0n) is 14.2. The van der Waals surface area contributed by atoms with E-state index in [0.29, 0.717) is 29.7 Å². The number of fused-ring (bicyclic) bond motifs is 3. The van der Waals surface area contributed by atoms with Crippen LogP contribution < -0.4 is 5.56 Å². The summed E-state index contributed by atoms with van der Waals surface area (Å²) in [5.74, 6) is -0.294. The standard InChI is InChI=1S/C19H17FN4O2/c1-26-10-2-8-23-9-7-17-16(19(23)25)11-21-18-15(12-22-24(17)18)13-3-5-14(20)6-4-13/h3-7,9,11-12H,2,8,10H2,1H3. The van der Waals surface area contributed by atoms with Gasteiger partial charge in [0.15, 0.2) is 5.65 Å². The summed E-state index contributed by atoms with van der Waals surface area (Å²) >= 11 is 0. The van der Waals surface area contributed by atoms with Crippen molar-refractivity contribution in [3.63, 3.8) is 0 Å². The Balaban J connectivity index is 1.82. The van der Waals surface area contributed by atoms with Crippen molar-refractivity contribution in [3.8, 4) is 11.1 Å². The summed E-state index contributed by atoms with van der Waals surface area (Å²) in [6.07, 6.45) is 5.78. The maximum Gasteiger partial charge on any atom is 0.261 e. The van der Waals surface area contributed by atoms with Gasteiger partial charge >= 0.3 is 0 Å². The van der Waals surface area contributed by atoms with Crippen molar-refractivity contribution in [1.82, 2.24) is 19.2 Å². The highest BCUT2D eigenvalue weighted by molar-refractivity contribution is 5.84. The monoisotopic (exact) mass is 352 g/mol. The molecule has 0 saturated heterocycles. The van der Waals surface area contributed by atoms with Crippen molar-refractivity contribution in [2.24, 2.45) is 0 Å². The lowest BCUT2D eigenvalue weighted by Crippen LogP contribution is -2.21. The van der Waals surface area contributed by atoms with E-state index in [0.717, 1.165) is 17.5 Å². The summed E-state index contributed by atoms with van der Waals surface area (Å²) in [5.41, 5.74) is 2.82. The van der Waals surface area contributed by atoms with Gasteiger partial charge in [0.25, 0.3) is 5.56 Å². The molecule has 0 aliphatic rings. The molecule has 0 aliphatic carbocycles. The van der Waals surface area contributed by atoms with Crippen molar-refractivity contribution >= 4 is 16.6 Å². The quantitative estimate of drug-likeness (QED) is 0.518. The second-order valence-corrected chi connectivity index (χ2v) is 6.02. The van der Waals surface area contributed by atoms with Gasteiger partial charge in [-0.25, -0.2) is 13.9 Å². The minimum Gasteiger partial charge on any atom is -0.385 e. The van der Waals surface area contributed by atoms with Crippen molar-refractivity contribution in [3.05, 3.63) is 65.1 Å². The molecule has 0 unspecified atom stereocenters. The third kappa shape index (κ3) is 2.76. The molecule has 0 aliphatic heterocycles. The Kier molecular flexibility index (Phi) is 4.22. The largest absolute Gasteiger partial charge is 0.385 e. The second kappa shape index (κ2) is 6.68. The molecule has 0 spiro atoms. The van der Waals surface area contributed by atoms with Crippen molar-refractivity contribution in [1.29, 1.82) is 0 Å². The normalized spacial score (nSPS) is 11.5. The van der Waals surface area contributed by atoms with Crippen LogP contribution in [0.5, 0.6) is 0 Å². The van der Waals surface area contributed by atoms with Gasteiger partial charge in [-0.2, -0.15) is 5.10 Å². The zero-order chi connectivity index (χ0) is 18.1. The molecule has 7 heteroatoms. The van der Waals surface area contributed by atoms with E-state index < -0.39 is 0 Å². The Morgan fingerprint density at radius 2 is 1.96 bits per heavy atom. The van der Waals surface area contributed by atoms with Crippen molar-refractivity contribution < 1.29 is 9.13 Å². The molecule has 132 valence electrons.